The average molecular weight is 269 g/mol. The van der Waals surface area contributed by atoms with Crippen molar-refractivity contribution in [3.8, 4) is 0 Å². The van der Waals surface area contributed by atoms with E-state index in [1.807, 2.05) is 0 Å². The van der Waals surface area contributed by atoms with Crippen LogP contribution >= 0.6 is 0 Å². The molecule has 0 bridgehead atoms. The summed E-state index contributed by atoms with van der Waals surface area (Å²) < 4.78 is 41.8. The molecular formula is C12H22F3NO2. The first-order valence-electron chi connectivity index (χ1n) is 6.04. The van der Waals surface area contributed by atoms with Crippen molar-refractivity contribution in [1.82, 2.24) is 4.90 Å². The predicted molar refractivity (Wildman–Crippen MR) is 63.2 cm³/mol. The van der Waals surface area contributed by atoms with E-state index in [2.05, 4.69) is 0 Å². The maximum atomic E-state index is 12.3. The van der Waals surface area contributed by atoms with Gasteiger partial charge in [0.15, 0.2) is 0 Å². The molecule has 108 valence electrons. The van der Waals surface area contributed by atoms with E-state index in [0.717, 1.165) is 0 Å². The molecule has 0 atom stereocenters. The van der Waals surface area contributed by atoms with E-state index in [0.29, 0.717) is 13.0 Å². The first-order valence-corrected chi connectivity index (χ1v) is 6.04. The van der Waals surface area contributed by atoms with Crippen molar-refractivity contribution in [3.05, 3.63) is 0 Å². The number of carbonyl (C=O) groups is 1. The number of hydrogen-bond donors (Lipinski definition) is 0. The van der Waals surface area contributed by atoms with E-state index >= 15 is 0 Å². The van der Waals surface area contributed by atoms with E-state index in [1.54, 1.807) is 27.7 Å². The summed E-state index contributed by atoms with van der Waals surface area (Å²) in [7, 11) is 0. The van der Waals surface area contributed by atoms with Gasteiger partial charge in [0.2, 0.25) is 0 Å². The van der Waals surface area contributed by atoms with Gasteiger partial charge < -0.3 is 4.74 Å². The van der Waals surface area contributed by atoms with E-state index in [1.165, 1.54) is 4.90 Å². The minimum atomic E-state index is -4.23. The molecule has 0 radical (unpaired) electrons. The van der Waals surface area contributed by atoms with Gasteiger partial charge in [-0.25, -0.2) is 0 Å². The topological polar surface area (TPSA) is 29.5 Å². The molecule has 0 heterocycles. The Hall–Kier alpha value is -0.780. The summed E-state index contributed by atoms with van der Waals surface area (Å²) in [5, 5.41) is 0. The fourth-order valence-electron chi connectivity index (χ4n) is 1.48. The van der Waals surface area contributed by atoms with Crippen molar-refractivity contribution in [2.45, 2.75) is 52.3 Å². The van der Waals surface area contributed by atoms with Crippen molar-refractivity contribution >= 4 is 5.97 Å². The number of halogens is 3. The van der Waals surface area contributed by atoms with Gasteiger partial charge in [-0.3, -0.25) is 9.69 Å². The van der Waals surface area contributed by atoms with Gasteiger partial charge >= 0.3 is 12.1 Å². The predicted octanol–water partition coefficient (Wildman–Crippen LogP) is 2.99. The first kappa shape index (κ1) is 17.2. The molecule has 6 heteroatoms. The van der Waals surface area contributed by atoms with Crippen LogP contribution in [0.4, 0.5) is 13.2 Å². The standard InChI is InChI=1S/C12H22F3NO2/c1-5-7-16(9-12(13,14)15)8-6-10(17)18-11(2,3)4/h5-9H2,1-4H3. The van der Waals surface area contributed by atoms with Crippen LogP contribution < -0.4 is 0 Å². The molecule has 0 spiro atoms. The zero-order chi connectivity index (χ0) is 14.4. The summed E-state index contributed by atoms with van der Waals surface area (Å²) in [4.78, 5) is 12.6. The van der Waals surface area contributed by atoms with E-state index in [-0.39, 0.29) is 13.0 Å². The number of alkyl halides is 3. The second-order valence-corrected chi connectivity index (χ2v) is 5.23. The Morgan fingerprint density at radius 3 is 2.11 bits per heavy atom. The van der Waals surface area contributed by atoms with Crippen LogP contribution in [0, 0.1) is 0 Å². The number of hydrogen-bond acceptors (Lipinski definition) is 3. The third kappa shape index (κ3) is 10.4. The molecule has 0 aromatic rings. The number of nitrogens with zero attached hydrogens (tertiary/aromatic N) is 1. The van der Waals surface area contributed by atoms with Gasteiger partial charge in [0.05, 0.1) is 13.0 Å². The normalized spacial score (nSPS) is 12.9. The summed E-state index contributed by atoms with van der Waals surface area (Å²) in [5.41, 5.74) is -0.600. The molecule has 0 N–H and O–H groups in total. The molecule has 0 aliphatic rings. The minimum absolute atomic E-state index is 0.0205. The molecule has 0 saturated heterocycles. The zero-order valence-electron chi connectivity index (χ0n) is 11.4. The van der Waals surface area contributed by atoms with Gasteiger partial charge in [-0.15, -0.1) is 0 Å². The third-order valence-corrected chi connectivity index (χ3v) is 1.99. The Morgan fingerprint density at radius 2 is 1.72 bits per heavy atom. The molecule has 0 saturated carbocycles. The summed E-state index contributed by atoms with van der Waals surface area (Å²) in [6, 6.07) is 0. The molecule has 18 heavy (non-hydrogen) atoms. The Morgan fingerprint density at radius 1 is 1.17 bits per heavy atom. The molecule has 0 rings (SSSR count). The molecular weight excluding hydrogens is 247 g/mol. The molecule has 3 nitrogen and oxygen atoms in total. The Bertz CT molecular complexity index is 259. The quantitative estimate of drug-likeness (QED) is 0.694. The number of esters is 1. The molecule has 0 aliphatic heterocycles. The van der Waals surface area contributed by atoms with Crippen LogP contribution in [0.25, 0.3) is 0 Å². The van der Waals surface area contributed by atoms with E-state index in [4.69, 9.17) is 4.74 Å². The molecule has 0 fully saturated rings. The maximum Gasteiger partial charge on any atom is 0.401 e. The van der Waals surface area contributed by atoms with Crippen LogP contribution in [0.2, 0.25) is 0 Å². The van der Waals surface area contributed by atoms with Crippen molar-refractivity contribution in [3.63, 3.8) is 0 Å². The number of rotatable bonds is 6. The Labute approximate surface area is 106 Å². The summed E-state index contributed by atoms with van der Waals surface area (Å²) in [6.45, 7) is 6.39. The second kappa shape index (κ2) is 6.97. The van der Waals surface area contributed by atoms with E-state index in [9.17, 15) is 18.0 Å². The smallest absolute Gasteiger partial charge is 0.401 e. The van der Waals surface area contributed by atoms with Crippen LogP contribution in [0.3, 0.4) is 0 Å². The highest BCUT2D eigenvalue weighted by molar-refractivity contribution is 5.70. The zero-order valence-corrected chi connectivity index (χ0v) is 11.4. The first-order chi connectivity index (χ1) is 8.03. The van der Waals surface area contributed by atoms with Gasteiger partial charge in [0.25, 0.3) is 0 Å². The van der Waals surface area contributed by atoms with Crippen molar-refractivity contribution < 1.29 is 22.7 Å². The highest BCUT2D eigenvalue weighted by Crippen LogP contribution is 2.17. The molecule has 0 aromatic carbocycles. The van der Waals surface area contributed by atoms with Gasteiger partial charge in [0.1, 0.15) is 5.60 Å². The summed E-state index contributed by atoms with van der Waals surface area (Å²) >= 11 is 0. The van der Waals surface area contributed by atoms with Crippen LogP contribution in [-0.2, 0) is 9.53 Å². The molecule has 0 aliphatic carbocycles. The van der Waals surface area contributed by atoms with Crippen molar-refractivity contribution in [2.24, 2.45) is 0 Å². The average Bonchev–Trinajstić information content (AvgIpc) is 2.09. The van der Waals surface area contributed by atoms with Crippen LogP contribution in [0.5, 0.6) is 0 Å². The maximum absolute atomic E-state index is 12.3. The molecule has 0 unspecified atom stereocenters. The SMILES string of the molecule is CCCN(CCC(=O)OC(C)(C)C)CC(F)(F)F. The van der Waals surface area contributed by atoms with Crippen LogP contribution in [-0.4, -0.2) is 42.3 Å². The van der Waals surface area contributed by atoms with Gasteiger partial charge in [0, 0.05) is 6.54 Å². The Balaban J connectivity index is 4.15. The van der Waals surface area contributed by atoms with Crippen molar-refractivity contribution in [1.29, 1.82) is 0 Å². The minimum Gasteiger partial charge on any atom is -0.460 e. The fraction of sp³-hybridized carbons (Fsp3) is 0.917. The van der Waals surface area contributed by atoms with Gasteiger partial charge in [-0.2, -0.15) is 13.2 Å². The van der Waals surface area contributed by atoms with Gasteiger partial charge in [-0.1, -0.05) is 6.92 Å². The lowest BCUT2D eigenvalue weighted by Crippen LogP contribution is -2.37. The lowest BCUT2D eigenvalue weighted by molar-refractivity contribution is -0.159. The van der Waals surface area contributed by atoms with E-state index < -0.39 is 24.3 Å². The lowest BCUT2D eigenvalue weighted by atomic mass is 10.2. The number of carbonyl (C=O) groups excluding carboxylic acids is 1. The summed E-state index contributed by atoms with van der Waals surface area (Å²) in [5.74, 6) is -0.467. The van der Waals surface area contributed by atoms with Crippen LogP contribution in [0.1, 0.15) is 40.5 Å². The van der Waals surface area contributed by atoms with Crippen LogP contribution in [0.15, 0.2) is 0 Å². The largest absolute Gasteiger partial charge is 0.460 e. The van der Waals surface area contributed by atoms with Crippen molar-refractivity contribution in [2.75, 3.05) is 19.6 Å². The lowest BCUT2D eigenvalue weighted by Gasteiger charge is -2.24. The monoisotopic (exact) mass is 269 g/mol. The highest BCUT2D eigenvalue weighted by atomic mass is 19.4. The molecule has 0 amide bonds. The van der Waals surface area contributed by atoms with Gasteiger partial charge in [-0.05, 0) is 33.7 Å². The second-order valence-electron chi connectivity index (χ2n) is 5.23. The Kier molecular flexibility index (Phi) is 6.67. The highest BCUT2D eigenvalue weighted by Gasteiger charge is 2.30. The summed E-state index contributed by atoms with van der Waals surface area (Å²) in [6.07, 6.45) is -3.64. The number of ether oxygens (including phenoxy) is 1. The fourth-order valence-corrected chi connectivity index (χ4v) is 1.48. The third-order valence-electron chi connectivity index (χ3n) is 1.99. The molecule has 0 aromatic heterocycles.